The van der Waals surface area contributed by atoms with Gasteiger partial charge in [-0.2, -0.15) is 5.10 Å². The summed E-state index contributed by atoms with van der Waals surface area (Å²) in [7, 11) is 0. The zero-order chi connectivity index (χ0) is 21.2. The molecule has 0 atom stereocenters. The molecule has 2 aromatic carbocycles. The topological polar surface area (TPSA) is 118 Å². The summed E-state index contributed by atoms with van der Waals surface area (Å²) in [6.45, 7) is 6.06. The van der Waals surface area contributed by atoms with E-state index in [0.29, 0.717) is 23.0 Å². The normalized spacial score (nSPS) is 10.7. The van der Waals surface area contributed by atoms with E-state index >= 15 is 0 Å². The molecule has 150 valence electrons. The fourth-order valence-electron chi connectivity index (χ4n) is 2.27. The molecule has 0 saturated heterocycles. The highest BCUT2D eigenvalue weighted by molar-refractivity contribution is 6.01. The Morgan fingerprint density at radius 1 is 0.966 bits per heavy atom. The van der Waals surface area contributed by atoms with Crippen LogP contribution in [0.5, 0.6) is 0 Å². The lowest BCUT2D eigenvalue weighted by Crippen LogP contribution is -2.22. The number of anilines is 2. The quantitative estimate of drug-likeness (QED) is 0.270. The van der Waals surface area contributed by atoms with Crippen LogP contribution in [-0.4, -0.2) is 17.7 Å². The molecule has 0 heterocycles. The predicted octanol–water partition coefficient (Wildman–Crippen LogP) is 3.73. The van der Waals surface area contributed by atoms with Gasteiger partial charge < -0.3 is 22.1 Å². The van der Waals surface area contributed by atoms with E-state index in [-0.39, 0.29) is 12.0 Å². The number of carbonyl (C=O) groups is 1. The highest BCUT2D eigenvalue weighted by atomic mass is 16.2. The van der Waals surface area contributed by atoms with Gasteiger partial charge in [0.05, 0.1) is 5.71 Å². The first-order valence-electron chi connectivity index (χ1n) is 9.24. The van der Waals surface area contributed by atoms with Gasteiger partial charge in [-0.1, -0.05) is 37.8 Å². The third-order valence-electron chi connectivity index (χ3n) is 3.76. The number of guanidine groups is 1. The number of nitrogens with one attached hydrogen (secondary N) is 2. The molecule has 2 amide bonds. The molecule has 0 aromatic heterocycles. The maximum absolute atomic E-state index is 12.2. The van der Waals surface area contributed by atoms with Crippen LogP contribution in [0.15, 0.2) is 58.7 Å². The third kappa shape index (κ3) is 7.77. The van der Waals surface area contributed by atoms with E-state index in [1.165, 1.54) is 0 Å². The van der Waals surface area contributed by atoms with Crippen molar-refractivity contribution in [3.63, 3.8) is 0 Å². The summed E-state index contributed by atoms with van der Waals surface area (Å²) in [6.07, 6.45) is 0.862. The van der Waals surface area contributed by atoms with Crippen LogP contribution in [0, 0.1) is 17.8 Å². The molecule has 0 aliphatic carbocycles. The van der Waals surface area contributed by atoms with Gasteiger partial charge in [0.25, 0.3) is 0 Å². The average Bonchev–Trinajstić information content (AvgIpc) is 2.67. The number of nitrogens with two attached hydrogens (primary N) is 2. The molecule has 0 bridgehead atoms. The summed E-state index contributed by atoms with van der Waals surface area (Å²) in [4.78, 5) is 12.2. The van der Waals surface area contributed by atoms with Crippen molar-refractivity contribution in [2.24, 2.45) is 27.6 Å². The number of nitrogens with zero attached hydrogens (tertiary/aromatic N) is 2. The molecule has 7 nitrogen and oxygen atoms in total. The molecule has 7 heteroatoms. The van der Waals surface area contributed by atoms with Crippen LogP contribution >= 0.6 is 0 Å². The van der Waals surface area contributed by atoms with Crippen LogP contribution in [0.1, 0.15) is 38.3 Å². The van der Waals surface area contributed by atoms with Gasteiger partial charge in [0.2, 0.25) is 5.96 Å². The van der Waals surface area contributed by atoms with Crippen molar-refractivity contribution in [3.8, 4) is 11.8 Å². The Morgan fingerprint density at radius 2 is 1.52 bits per heavy atom. The number of rotatable bonds is 5. The molecule has 0 aliphatic rings. The zero-order valence-corrected chi connectivity index (χ0v) is 16.9. The number of hydrogen-bond acceptors (Lipinski definition) is 3. The summed E-state index contributed by atoms with van der Waals surface area (Å²) >= 11 is 0. The molecule has 0 saturated carbocycles. The smallest absolute Gasteiger partial charge is 0.323 e. The van der Waals surface area contributed by atoms with Gasteiger partial charge in [0, 0.05) is 23.4 Å². The molecule has 0 unspecified atom stereocenters. The van der Waals surface area contributed by atoms with Crippen molar-refractivity contribution in [1.29, 1.82) is 0 Å². The van der Waals surface area contributed by atoms with E-state index in [1.54, 1.807) is 19.1 Å². The molecule has 2 rings (SSSR count). The van der Waals surface area contributed by atoms with Crippen molar-refractivity contribution >= 4 is 29.1 Å². The van der Waals surface area contributed by atoms with Crippen molar-refractivity contribution in [2.75, 3.05) is 10.6 Å². The number of hydrogen-bond donors (Lipinski definition) is 4. The molecular weight excluding hydrogens is 364 g/mol. The Hall–Kier alpha value is -3.79. The Morgan fingerprint density at radius 3 is 2.03 bits per heavy atom. The Balaban J connectivity index is 1.92. The fraction of sp³-hybridized carbons (Fsp3) is 0.227. The highest BCUT2D eigenvalue weighted by Gasteiger charge is 2.04. The summed E-state index contributed by atoms with van der Waals surface area (Å²) in [5, 5.41) is 13.1. The monoisotopic (exact) mass is 390 g/mol. The molecule has 0 fully saturated rings. The molecule has 0 aliphatic heterocycles. The first-order valence-corrected chi connectivity index (χ1v) is 9.24. The summed E-state index contributed by atoms with van der Waals surface area (Å²) in [5.41, 5.74) is 14.3. The zero-order valence-electron chi connectivity index (χ0n) is 16.9. The summed E-state index contributed by atoms with van der Waals surface area (Å²) in [5.74, 6) is 6.71. The van der Waals surface area contributed by atoms with Crippen molar-refractivity contribution < 1.29 is 4.79 Å². The second kappa shape index (κ2) is 10.5. The van der Waals surface area contributed by atoms with Crippen LogP contribution in [0.3, 0.4) is 0 Å². The predicted molar refractivity (Wildman–Crippen MR) is 120 cm³/mol. The van der Waals surface area contributed by atoms with E-state index < -0.39 is 0 Å². The lowest BCUT2D eigenvalue weighted by atomic mass is 10.1. The van der Waals surface area contributed by atoms with Crippen LogP contribution < -0.4 is 22.1 Å². The van der Waals surface area contributed by atoms with Gasteiger partial charge in [0.15, 0.2) is 0 Å². The number of benzene rings is 2. The Kier molecular flexibility index (Phi) is 7.80. The van der Waals surface area contributed by atoms with Crippen molar-refractivity contribution in [2.45, 2.75) is 27.2 Å². The van der Waals surface area contributed by atoms with Gasteiger partial charge in [-0.3, -0.25) is 0 Å². The first kappa shape index (κ1) is 21.5. The average molecular weight is 390 g/mol. The number of amides is 2. The van der Waals surface area contributed by atoms with Gasteiger partial charge in [-0.15, -0.1) is 5.10 Å². The Labute approximate surface area is 171 Å². The van der Waals surface area contributed by atoms with E-state index in [2.05, 4.69) is 46.5 Å². The van der Waals surface area contributed by atoms with Crippen LogP contribution in [0.25, 0.3) is 0 Å². The lowest BCUT2D eigenvalue weighted by Gasteiger charge is -2.08. The second-order valence-electron chi connectivity index (χ2n) is 6.84. The van der Waals surface area contributed by atoms with Gasteiger partial charge in [-0.05, 0) is 54.8 Å². The van der Waals surface area contributed by atoms with Crippen LogP contribution in [0.4, 0.5) is 16.2 Å². The fourth-order valence-corrected chi connectivity index (χ4v) is 2.27. The van der Waals surface area contributed by atoms with Gasteiger partial charge >= 0.3 is 6.03 Å². The van der Waals surface area contributed by atoms with Crippen molar-refractivity contribution in [1.82, 2.24) is 0 Å². The van der Waals surface area contributed by atoms with E-state index in [4.69, 9.17) is 11.5 Å². The second-order valence-corrected chi connectivity index (χ2v) is 6.84. The van der Waals surface area contributed by atoms with Gasteiger partial charge in [0.1, 0.15) is 0 Å². The lowest BCUT2D eigenvalue weighted by molar-refractivity contribution is 0.262. The Bertz CT molecular complexity index is 944. The number of urea groups is 1. The first-order chi connectivity index (χ1) is 13.8. The standard InChI is InChI=1S/C22H26N6O/c1-15(2)5-4-6-17-7-11-19(12-8-17)25-22(29)26-20-13-9-18(10-14-20)16(3)27-28-21(23)24/h7-15H,5H2,1-3H3,(H4,23,24,28)(H2,25,26,29)/b27-16+. The molecule has 2 aromatic rings. The largest absolute Gasteiger partial charge is 0.369 e. The van der Waals surface area contributed by atoms with E-state index in [1.807, 2.05) is 36.4 Å². The molecule has 29 heavy (non-hydrogen) atoms. The summed E-state index contributed by atoms with van der Waals surface area (Å²) in [6, 6.07) is 14.3. The van der Waals surface area contributed by atoms with Crippen molar-refractivity contribution in [3.05, 3.63) is 59.7 Å². The molecular formula is C22H26N6O. The van der Waals surface area contributed by atoms with Crippen LogP contribution in [0.2, 0.25) is 0 Å². The van der Waals surface area contributed by atoms with Crippen LogP contribution in [-0.2, 0) is 0 Å². The maximum atomic E-state index is 12.2. The van der Waals surface area contributed by atoms with E-state index in [0.717, 1.165) is 17.5 Å². The summed E-state index contributed by atoms with van der Waals surface area (Å²) < 4.78 is 0. The highest BCUT2D eigenvalue weighted by Crippen LogP contribution is 2.13. The van der Waals surface area contributed by atoms with Gasteiger partial charge in [-0.25, -0.2) is 4.79 Å². The minimum atomic E-state index is -0.331. The number of carbonyl (C=O) groups excluding carboxylic acids is 1. The maximum Gasteiger partial charge on any atom is 0.323 e. The SMILES string of the molecule is C/C(=N\N=C(N)N)c1ccc(NC(=O)Nc2ccc(C#CCC(C)C)cc2)cc1. The minimum absolute atomic E-state index is 0.102. The molecule has 0 radical (unpaired) electrons. The van der Waals surface area contributed by atoms with E-state index in [9.17, 15) is 4.79 Å². The third-order valence-corrected chi connectivity index (χ3v) is 3.76. The molecule has 0 spiro atoms. The minimum Gasteiger partial charge on any atom is -0.369 e. The molecule has 6 N–H and O–H groups in total.